The van der Waals surface area contributed by atoms with E-state index in [4.69, 9.17) is 16.4 Å². The second-order valence-electron chi connectivity index (χ2n) is 2.96. The molecular formula is C10H9ClN2O2. The van der Waals surface area contributed by atoms with Gasteiger partial charge in [0.2, 0.25) is 0 Å². The van der Waals surface area contributed by atoms with Crippen molar-refractivity contribution in [1.29, 1.82) is 0 Å². The Morgan fingerprint density at radius 2 is 2.20 bits per heavy atom. The van der Waals surface area contributed by atoms with Gasteiger partial charge in [0.05, 0.1) is 16.8 Å². The van der Waals surface area contributed by atoms with Crippen molar-refractivity contribution in [3.63, 3.8) is 0 Å². The summed E-state index contributed by atoms with van der Waals surface area (Å²) in [5.41, 5.74) is 0.394. The monoisotopic (exact) mass is 224 g/mol. The minimum absolute atomic E-state index is 0.133. The number of nitrogens with zero attached hydrogens (tertiary/aromatic N) is 2. The van der Waals surface area contributed by atoms with Gasteiger partial charge in [-0.3, -0.25) is 4.79 Å². The van der Waals surface area contributed by atoms with Gasteiger partial charge in [-0.2, -0.15) is 0 Å². The third kappa shape index (κ3) is 1.57. The highest BCUT2D eigenvalue weighted by atomic mass is 35.5. The van der Waals surface area contributed by atoms with Crippen LogP contribution in [0.3, 0.4) is 0 Å². The van der Waals surface area contributed by atoms with Crippen LogP contribution in [-0.2, 0) is 5.88 Å². The van der Waals surface area contributed by atoms with Crippen LogP contribution >= 0.6 is 11.6 Å². The van der Waals surface area contributed by atoms with Gasteiger partial charge in [-0.05, 0) is 12.1 Å². The molecule has 78 valence electrons. The van der Waals surface area contributed by atoms with Gasteiger partial charge in [0, 0.05) is 0 Å². The first-order chi connectivity index (χ1) is 7.27. The summed E-state index contributed by atoms with van der Waals surface area (Å²) in [6.45, 7) is 0. The van der Waals surface area contributed by atoms with E-state index in [-0.39, 0.29) is 11.4 Å². The van der Waals surface area contributed by atoms with Crippen molar-refractivity contribution < 1.29 is 4.84 Å². The van der Waals surface area contributed by atoms with E-state index in [1.807, 2.05) is 6.07 Å². The number of fused-ring (bicyclic) bond motifs is 1. The molecule has 0 bridgehead atoms. The smallest absolute Gasteiger partial charge is 0.294 e. The Morgan fingerprint density at radius 1 is 1.47 bits per heavy atom. The minimum atomic E-state index is -0.237. The van der Waals surface area contributed by atoms with Crippen LogP contribution in [0.1, 0.15) is 5.82 Å². The molecule has 1 heterocycles. The predicted octanol–water partition coefficient (Wildman–Crippen LogP) is 1.19. The fraction of sp³-hybridized carbons (Fsp3) is 0.200. The van der Waals surface area contributed by atoms with Gasteiger partial charge in [0.1, 0.15) is 7.11 Å². The lowest BCUT2D eigenvalue weighted by Gasteiger charge is -2.08. The first-order valence-corrected chi connectivity index (χ1v) is 4.92. The van der Waals surface area contributed by atoms with Crippen LogP contribution < -0.4 is 10.4 Å². The van der Waals surface area contributed by atoms with Gasteiger partial charge >= 0.3 is 0 Å². The van der Waals surface area contributed by atoms with E-state index >= 15 is 0 Å². The molecule has 1 aromatic carbocycles. The average molecular weight is 225 g/mol. The average Bonchev–Trinajstić information content (AvgIpc) is 2.29. The molecule has 5 heteroatoms. The number of aromatic nitrogens is 2. The van der Waals surface area contributed by atoms with Gasteiger partial charge < -0.3 is 4.84 Å². The van der Waals surface area contributed by atoms with Gasteiger partial charge in [-0.1, -0.05) is 12.1 Å². The molecule has 1 aromatic heterocycles. The fourth-order valence-electron chi connectivity index (χ4n) is 1.44. The quantitative estimate of drug-likeness (QED) is 0.720. The molecule has 0 atom stereocenters. The lowest BCUT2D eigenvalue weighted by molar-refractivity contribution is 0.148. The molecular weight excluding hydrogens is 216 g/mol. The molecule has 2 rings (SSSR count). The molecule has 0 N–H and O–H groups in total. The van der Waals surface area contributed by atoms with Crippen LogP contribution in [0, 0.1) is 0 Å². The predicted molar refractivity (Wildman–Crippen MR) is 58.1 cm³/mol. The SMILES string of the molecule is COn1c(CCl)nc2ccccc2c1=O. The highest BCUT2D eigenvalue weighted by Gasteiger charge is 2.09. The number of alkyl halides is 1. The third-order valence-corrected chi connectivity index (χ3v) is 2.34. The van der Waals surface area contributed by atoms with Crippen LogP contribution in [-0.4, -0.2) is 16.8 Å². The van der Waals surface area contributed by atoms with Crippen LogP contribution in [0.25, 0.3) is 10.9 Å². The second-order valence-corrected chi connectivity index (χ2v) is 3.23. The summed E-state index contributed by atoms with van der Waals surface area (Å²) in [5.74, 6) is 0.538. The van der Waals surface area contributed by atoms with Crippen LogP contribution in [0.15, 0.2) is 29.1 Å². The molecule has 0 unspecified atom stereocenters. The molecule has 0 aliphatic carbocycles. The molecule has 0 radical (unpaired) electrons. The van der Waals surface area contributed by atoms with E-state index < -0.39 is 0 Å². The van der Waals surface area contributed by atoms with Crippen LogP contribution in [0.4, 0.5) is 0 Å². The normalized spacial score (nSPS) is 10.5. The van der Waals surface area contributed by atoms with Crippen molar-refractivity contribution >= 4 is 22.5 Å². The Balaban J connectivity index is 2.88. The topological polar surface area (TPSA) is 44.1 Å². The van der Waals surface area contributed by atoms with E-state index in [9.17, 15) is 4.79 Å². The Hall–Kier alpha value is -1.55. The summed E-state index contributed by atoms with van der Waals surface area (Å²) in [6.07, 6.45) is 0. The number of para-hydroxylation sites is 1. The zero-order valence-electron chi connectivity index (χ0n) is 8.11. The molecule has 0 amide bonds. The van der Waals surface area contributed by atoms with Crippen molar-refractivity contribution in [3.05, 3.63) is 40.4 Å². The van der Waals surface area contributed by atoms with Crippen LogP contribution in [0.5, 0.6) is 0 Å². The largest absolute Gasteiger partial charge is 0.412 e. The van der Waals surface area contributed by atoms with E-state index in [1.165, 1.54) is 7.11 Å². The molecule has 0 aliphatic heterocycles. The first-order valence-electron chi connectivity index (χ1n) is 4.39. The Bertz CT molecular complexity index is 551. The Labute approximate surface area is 91.0 Å². The minimum Gasteiger partial charge on any atom is -0.412 e. The summed E-state index contributed by atoms with van der Waals surface area (Å²) < 4.78 is 1.11. The number of rotatable bonds is 2. The lowest BCUT2D eigenvalue weighted by Crippen LogP contribution is -2.29. The molecule has 0 fully saturated rings. The molecule has 0 saturated carbocycles. The Kier molecular flexibility index (Phi) is 2.60. The fourth-order valence-corrected chi connectivity index (χ4v) is 1.60. The molecule has 2 aromatic rings. The van der Waals surface area contributed by atoms with E-state index in [1.54, 1.807) is 18.2 Å². The van der Waals surface area contributed by atoms with Gasteiger partial charge in [0.15, 0.2) is 5.82 Å². The molecule has 4 nitrogen and oxygen atoms in total. The number of hydrogen-bond acceptors (Lipinski definition) is 3. The first kappa shape index (κ1) is 9.98. The maximum absolute atomic E-state index is 11.9. The third-order valence-electron chi connectivity index (χ3n) is 2.10. The summed E-state index contributed by atoms with van der Waals surface area (Å²) in [4.78, 5) is 21.0. The van der Waals surface area contributed by atoms with Crippen molar-refractivity contribution in [2.75, 3.05) is 7.11 Å². The maximum Gasteiger partial charge on any atom is 0.294 e. The van der Waals surface area contributed by atoms with Gasteiger partial charge in [-0.15, -0.1) is 16.3 Å². The molecule has 0 spiro atoms. The maximum atomic E-state index is 11.9. The highest BCUT2D eigenvalue weighted by Crippen LogP contribution is 2.08. The van der Waals surface area contributed by atoms with Crippen molar-refractivity contribution in [2.24, 2.45) is 0 Å². The number of benzene rings is 1. The standard InChI is InChI=1S/C10H9ClN2O2/c1-15-13-9(6-11)12-8-5-3-2-4-7(8)10(13)14/h2-5H,6H2,1H3. The lowest BCUT2D eigenvalue weighted by atomic mass is 10.2. The number of halogens is 1. The summed E-state index contributed by atoms with van der Waals surface area (Å²) in [6, 6.07) is 7.08. The Morgan fingerprint density at radius 3 is 2.87 bits per heavy atom. The van der Waals surface area contributed by atoms with Crippen molar-refractivity contribution in [3.8, 4) is 0 Å². The van der Waals surface area contributed by atoms with Gasteiger partial charge in [-0.25, -0.2) is 4.98 Å². The summed E-state index contributed by atoms with van der Waals surface area (Å²) in [5, 5.41) is 0.521. The molecule has 0 saturated heterocycles. The summed E-state index contributed by atoms with van der Waals surface area (Å²) >= 11 is 5.68. The summed E-state index contributed by atoms with van der Waals surface area (Å²) in [7, 11) is 1.41. The van der Waals surface area contributed by atoms with E-state index in [0.29, 0.717) is 16.7 Å². The van der Waals surface area contributed by atoms with Crippen molar-refractivity contribution in [1.82, 2.24) is 9.71 Å². The molecule has 15 heavy (non-hydrogen) atoms. The number of hydrogen-bond donors (Lipinski definition) is 0. The second kappa shape index (κ2) is 3.90. The highest BCUT2D eigenvalue weighted by molar-refractivity contribution is 6.16. The van der Waals surface area contributed by atoms with E-state index in [2.05, 4.69) is 4.98 Å². The molecule has 0 aliphatic rings. The van der Waals surface area contributed by atoms with Crippen LogP contribution in [0.2, 0.25) is 0 Å². The van der Waals surface area contributed by atoms with E-state index in [0.717, 1.165) is 4.73 Å². The van der Waals surface area contributed by atoms with Crippen molar-refractivity contribution in [2.45, 2.75) is 5.88 Å². The zero-order chi connectivity index (χ0) is 10.8. The zero-order valence-corrected chi connectivity index (χ0v) is 8.86. The van der Waals surface area contributed by atoms with Gasteiger partial charge in [0.25, 0.3) is 5.56 Å².